The fraction of sp³-hybridized carbons (Fsp3) is 0.464. The zero-order valence-corrected chi connectivity index (χ0v) is 21.8. The van der Waals surface area contributed by atoms with Crippen LogP contribution in [-0.4, -0.2) is 46.4 Å². The van der Waals surface area contributed by atoms with E-state index in [0.717, 1.165) is 54.6 Å². The van der Waals surface area contributed by atoms with Crippen molar-refractivity contribution < 1.29 is 13.5 Å². The topological polar surface area (TPSA) is 70.2 Å². The number of nitriles is 1. The number of hydrogen-bond acceptors (Lipinski definition) is 6. The summed E-state index contributed by atoms with van der Waals surface area (Å²) in [6.45, 7) is 3.47. The Morgan fingerprint density at radius 1 is 1.08 bits per heavy atom. The molecule has 2 aliphatic carbocycles. The van der Waals surface area contributed by atoms with Gasteiger partial charge in [-0.05, 0) is 49.4 Å². The normalized spacial score (nSPS) is 21.1. The summed E-state index contributed by atoms with van der Waals surface area (Å²) in [6.07, 6.45) is 3.75. The summed E-state index contributed by atoms with van der Waals surface area (Å²) in [5.74, 6) is 0.864. The number of anilines is 1. The van der Waals surface area contributed by atoms with Crippen LogP contribution in [0.1, 0.15) is 48.8 Å². The summed E-state index contributed by atoms with van der Waals surface area (Å²) < 4.78 is 35.6. The van der Waals surface area contributed by atoms with Gasteiger partial charge < -0.3 is 9.64 Å². The third kappa shape index (κ3) is 3.76. The monoisotopic (exact) mass is 536 g/mol. The van der Waals surface area contributed by atoms with E-state index >= 15 is 0 Å². The number of ether oxygens (including phenoxy) is 1. The van der Waals surface area contributed by atoms with Gasteiger partial charge in [0, 0.05) is 54.7 Å². The Labute approximate surface area is 224 Å². The van der Waals surface area contributed by atoms with E-state index in [4.69, 9.17) is 16.3 Å². The second-order valence-corrected chi connectivity index (χ2v) is 12.0. The van der Waals surface area contributed by atoms with E-state index in [9.17, 15) is 14.0 Å². The van der Waals surface area contributed by atoms with Crippen LogP contribution < -0.4 is 9.64 Å². The molecule has 0 atom stereocenters. The summed E-state index contributed by atoms with van der Waals surface area (Å²) >= 11 is 6.39. The van der Waals surface area contributed by atoms with Crippen molar-refractivity contribution in [3.63, 3.8) is 0 Å². The van der Waals surface area contributed by atoms with Gasteiger partial charge in [0.1, 0.15) is 11.6 Å². The first-order valence-electron chi connectivity index (χ1n) is 13.0. The summed E-state index contributed by atoms with van der Waals surface area (Å²) in [7, 11) is 1.38. The van der Waals surface area contributed by atoms with Crippen molar-refractivity contribution in [3.05, 3.63) is 64.2 Å². The standard InChI is InChI=1S/C28H27ClF2N6O/c1-38-24-8-23(20(30)7-21(24)31)36-15-28(16-36)9-18(10-28)26-34-33-25-12-35(14-27(13-32)4-5-27)11-17-6-19(29)2-3-22(17)37(25)26/h2-3,6-8,18H,4-5,9-12,14-16H2,1H3. The van der Waals surface area contributed by atoms with Crippen LogP contribution in [0.15, 0.2) is 30.3 Å². The van der Waals surface area contributed by atoms with Crippen LogP contribution in [0.4, 0.5) is 14.5 Å². The van der Waals surface area contributed by atoms with E-state index in [1.165, 1.54) is 13.2 Å². The Bertz CT molecular complexity index is 1480. The molecule has 196 valence electrons. The van der Waals surface area contributed by atoms with Crippen molar-refractivity contribution >= 4 is 17.3 Å². The number of nitrogens with zero attached hydrogens (tertiary/aromatic N) is 6. The van der Waals surface area contributed by atoms with Crippen molar-refractivity contribution in [3.8, 4) is 17.5 Å². The second-order valence-electron chi connectivity index (χ2n) is 11.5. The fourth-order valence-corrected chi connectivity index (χ4v) is 6.82. The molecule has 4 aliphatic rings. The Morgan fingerprint density at radius 3 is 2.58 bits per heavy atom. The van der Waals surface area contributed by atoms with Crippen molar-refractivity contribution in [1.82, 2.24) is 19.7 Å². The van der Waals surface area contributed by atoms with Crippen LogP contribution in [0.5, 0.6) is 5.75 Å². The molecule has 0 unspecified atom stereocenters. The Balaban J connectivity index is 1.12. The van der Waals surface area contributed by atoms with E-state index in [0.29, 0.717) is 43.4 Å². The van der Waals surface area contributed by atoms with E-state index in [2.05, 4.69) is 25.7 Å². The number of halogens is 3. The lowest BCUT2D eigenvalue weighted by Gasteiger charge is -2.59. The average Bonchev–Trinajstić information content (AvgIpc) is 3.53. The molecule has 3 aromatic rings. The quantitative estimate of drug-likeness (QED) is 0.446. The molecule has 7 rings (SSSR count). The minimum atomic E-state index is -0.694. The molecule has 2 aliphatic heterocycles. The lowest BCUT2D eigenvalue weighted by molar-refractivity contribution is 0.0582. The summed E-state index contributed by atoms with van der Waals surface area (Å²) in [4.78, 5) is 4.25. The largest absolute Gasteiger partial charge is 0.494 e. The molecule has 0 radical (unpaired) electrons. The number of rotatable bonds is 5. The number of hydrogen-bond donors (Lipinski definition) is 0. The zero-order chi connectivity index (χ0) is 26.2. The third-order valence-corrected chi connectivity index (χ3v) is 8.99. The minimum absolute atomic E-state index is 0.0511. The first-order valence-corrected chi connectivity index (χ1v) is 13.3. The van der Waals surface area contributed by atoms with Gasteiger partial charge >= 0.3 is 0 Å². The van der Waals surface area contributed by atoms with Crippen molar-refractivity contribution in [1.29, 1.82) is 5.26 Å². The lowest BCUT2D eigenvalue weighted by atomic mass is 9.57. The highest BCUT2D eigenvalue weighted by molar-refractivity contribution is 6.30. The van der Waals surface area contributed by atoms with Gasteiger partial charge in [-0.15, -0.1) is 10.2 Å². The van der Waals surface area contributed by atoms with Crippen LogP contribution >= 0.6 is 11.6 Å². The molecule has 2 aromatic carbocycles. The Hall–Kier alpha value is -3.22. The van der Waals surface area contributed by atoms with Gasteiger partial charge in [-0.2, -0.15) is 5.26 Å². The first-order chi connectivity index (χ1) is 18.3. The molecular formula is C28H27ClF2N6O. The second kappa shape index (κ2) is 8.39. The third-order valence-electron chi connectivity index (χ3n) is 8.75. The van der Waals surface area contributed by atoms with Crippen LogP contribution in [0.3, 0.4) is 0 Å². The average molecular weight is 537 g/mol. The van der Waals surface area contributed by atoms with Crippen LogP contribution in [0.2, 0.25) is 5.02 Å². The highest BCUT2D eigenvalue weighted by Gasteiger charge is 2.54. The highest BCUT2D eigenvalue weighted by Crippen LogP contribution is 2.57. The highest BCUT2D eigenvalue weighted by atomic mass is 35.5. The van der Waals surface area contributed by atoms with Gasteiger partial charge in [-0.1, -0.05) is 11.6 Å². The molecule has 1 spiro atoms. The number of fused-ring (bicyclic) bond motifs is 3. The van der Waals surface area contributed by atoms with Gasteiger partial charge in [0.2, 0.25) is 0 Å². The molecular weight excluding hydrogens is 510 g/mol. The predicted molar refractivity (Wildman–Crippen MR) is 137 cm³/mol. The van der Waals surface area contributed by atoms with Crippen molar-refractivity contribution in [2.75, 3.05) is 31.6 Å². The molecule has 3 fully saturated rings. The summed E-state index contributed by atoms with van der Waals surface area (Å²) in [5, 5.41) is 19.6. The molecule has 10 heteroatoms. The van der Waals surface area contributed by atoms with Crippen molar-refractivity contribution in [2.45, 2.75) is 44.7 Å². The van der Waals surface area contributed by atoms with Gasteiger partial charge in [0.25, 0.3) is 0 Å². The number of methoxy groups -OCH3 is 1. The predicted octanol–water partition coefficient (Wildman–Crippen LogP) is 5.21. The maximum atomic E-state index is 14.5. The smallest absolute Gasteiger partial charge is 0.168 e. The van der Waals surface area contributed by atoms with Gasteiger partial charge in [0.05, 0.1) is 36.5 Å². The summed E-state index contributed by atoms with van der Waals surface area (Å²) in [5.41, 5.74) is 2.38. The molecule has 1 saturated heterocycles. The molecule has 7 nitrogen and oxygen atoms in total. The van der Waals surface area contributed by atoms with Gasteiger partial charge in [-0.25, -0.2) is 8.78 Å². The SMILES string of the molecule is COc1cc(N2CC3(CC(c4nnc5n4-c4ccc(Cl)cc4CN(CC4(C#N)CC4)C5)C3)C2)c(F)cc1F. The zero-order valence-electron chi connectivity index (χ0n) is 21.1. The molecule has 1 aromatic heterocycles. The molecule has 38 heavy (non-hydrogen) atoms. The van der Waals surface area contributed by atoms with Crippen molar-refractivity contribution in [2.24, 2.45) is 10.8 Å². The molecule has 3 heterocycles. The van der Waals surface area contributed by atoms with Crippen LogP contribution in [0.25, 0.3) is 5.69 Å². The fourth-order valence-electron chi connectivity index (χ4n) is 6.63. The number of benzene rings is 2. The van der Waals surface area contributed by atoms with Crippen LogP contribution in [-0.2, 0) is 13.1 Å². The van der Waals surface area contributed by atoms with Gasteiger partial charge in [0.15, 0.2) is 17.4 Å². The Kier molecular flexibility index (Phi) is 5.27. The van der Waals surface area contributed by atoms with Crippen LogP contribution in [0, 0.1) is 33.8 Å². The van der Waals surface area contributed by atoms with E-state index in [1.807, 2.05) is 23.1 Å². The van der Waals surface area contributed by atoms with E-state index in [1.54, 1.807) is 0 Å². The molecule has 2 saturated carbocycles. The molecule has 0 amide bonds. The molecule has 0 N–H and O–H groups in total. The van der Waals surface area contributed by atoms with E-state index < -0.39 is 11.6 Å². The maximum Gasteiger partial charge on any atom is 0.168 e. The first kappa shape index (κ1) is 23.9. The Morgan fingerprint density at radius 2 is 1.87 bits per heavy atom. The molecule has 0 bridgehead atoms. The minimum Gasteiger partial charge on any atom is -0.494 e. The lowest BCUT2D eigenvalue weighted by Crippen LogP contribution is -2.62. The van der Waals surface area contributed by atoms with Gasteiger partial charge in [-0.3, -0.25) is 9.47 Å². The van der Waals surface area contributed by atoms with E-state index in [-0.39, 0.29) is 22.5 Å². The number of aromatic nitrogens is 3. The maximum absolute atomic E-state index is 14.5. The summed E-state index contributed by atoms with van der Waals surface area (Å²) in [6, 6.07) is 10.8.